The minimum Gasteiger partial charge on any atom is -0.493 e. The minimum atomic E-state index is -0.308. The predicted octanol–water partition coefficient (Wildman–Crippen LogP) is 3.34. The summed E-state index contributed by atoms with van der Waals surface area (Å²) in [5, 5.41) is 4.01. The second-order valence-corrected chi connectivity index (χ2v) is 5.71. The Labute approximate surface area is 147 Å². The van der Waals surface area contributed by atoms with Crippen LogP contribution >= 0.6 is 15.9 Å². The SMILES string of the molecule is CCOc1cc2c(cc1/C=N/NC(=O)c1ccccc1Br)OCO2. The van der Waals surface area contributed by atoms with E-state index in [-0.39, 0.29) is 12.7 Å². The molecule has 0 saturated heterocycles. The average Bonchev–Trinajstić information content (AvgIpc) is 3.02. The number of nitrogens with zero attached hydrogens (tertiary/aromatic N) is 1. The van der Waals surface area contributed by atoms with Crippen LogP contribution in [-0.4, -0.2) is 25.5 Å². The molecule has 7 heteroatoms. The summed E-state index contributed by atoms with van der Waals surface area (Å²) in [7, 11) is 0. The minimum absolute atomic E-state index is 0.181. The van der Waals surface area contributed by atoms with E-state index in [1.165, 1.54) is 6.21 Å². The number of halogens is 1. The van der Waals surface area contributed by atoms with Crippen molar-refractivity contribution < 1.29 is 19.0 Å². The van der Waals surface area contributed by atoms with E-state index in [1.807, 2.05) is 13.0 Å². The van der Waals surface area contributed by atoms with E-state index in [9.17, 15) is 4.79 Å². The first-order valence-corrected chi connectivity index (χ1v) is 8.12. The number of amides is 1. The van der Waals surface area contributed by atoms with Crippen LogP contribution in [0.25, 0.3) is 0 Å². The predicted molar refractivity (Wildman–Crippen MR) is 92.9 cm³/mol. The fourth-order valence-electron chi connectivity index (χ4n) is 2.19. The maximum absolute atomic E-state index is 12.1. The molecule has 1 N–H and O–H groups in total. The number of carbonyl (C=O) groups is 1. The van der Waals surface area contributed by atoms with Gasteiger partial charge in [0, 0.05) is 16.1 Å². The van der Waals surface area contributed by atoms with E-state index >= 15 is 0 Å². The molecule has 0 saturated carbocycles. The van der Waals surface area contributed by atoms with Crippen LogP contribution < -0.4 is 19.6 Å². The second-order valence-electron chi connectivity index (χ2n) is 4.86. The molecule has 0 spiro atoms. The maximum atomic E-state index is 12.1. The van der Waals surface area contributed by atoms with E-state index in [4.69, 9.17) is 14.2 Å². The number of hydrazone groups is 1. The smallest absolute Gasteiger partial charge is 0.272 e. The first-order valence-electron chi connectivity index (χ1n) is 7.33. The lowest BCUT2D eigenvalue weighted by Crippen LogP contribution is -2.18. The third kappa shape index (κ3) is 3.51. The molecule has 0 atom stereocenters. The van der Waals surface area contributed by atoms with Gasteiger partial charge in [-0.25, -0.2) is 5.43 Å². The van der Waals surface area contributed by atoms with Crippen molar-refractivity contribution in [3.8, 4) is 17.2 Å². The Morgan fingerprint density at radius 2 is 2.08 bits per heavy atom. The zero-order valence-electron chi connectivity index (χ0n) is 12.9. The van der Waals surface area contributed by atoms with Crippen LogP contribution in [0.4, 0.5) is 0 Å². The molecule has 1 heterocycles. The highest BCUT2D eigenvalue weighted by Crippen LogP contribution is 2.37. The second kappa shape index (κ2) is 7.35. The monoisotopic (exact) mass is 390 g/mol. The molecule has 2 aromatic carbocycles. The Bertz CT molecular complexity index is 792. The standard InChI is InChI=1S/C17H15BrN2O4/c1-2-22-14-8-16-15(23-10-24-16)7-11(14)9-19-20-17(21)12-5-3-4-6-13(12)18/h3-9H,2,10H2,1H3,(H,20,21)/b19-9+. The first kappa shape index (κ1) is 16.3. The molecule has 3 rings (SSSR count). The highest BCUT2D eigenvalue weighted by Gasteiger charge is 2.17. The van der Waals surface area contributed by atoms with Gasteiger partial charge in [0.1, 0.15) is 5.75 Å². The van der Waals surface area contributed by atoms with E-state index in [0.717, 1.165) is 0 Å². The van der Waals surface area contributed by atoms with Gasteiger partial charge in [-0.05, 0) is 41.1 Å². The average molecular weight is 391 g/mol. The van der Waals surface area contributed by atoms with Crippen LogP contribution in [0.1, 0.15) is 22.8 Å². The summed E-state index contributed by atoms with van der Waals surface area (Å²) in [5.74, 6) is 1.56. The quantitative estimate of drug-likeness (QED) is 0.627. The van der Waals surface area contributed by atoms with Crippen LogP contribution in [0.5, 0.6) is 17.2 Å². The van der Waals surface area contributed by atoms with Crippen LogP contribution in [0, 0.1) is 0 Å². The molecule has 24 heavy (non-hydrogen) atoms. The lowest BCUT2D eigenvalue weighted by Gasteiger charge is -2.08. The van der Waals surface area contributed by atoms with Crippen molar-refractivity contribution in [2.45, 2.75) is 6.92 Å². The third-order valence-electron chi connectivity index (χ3n) is 3.29. The number of hydrogen-bond donors (Lipinski definition) is 1. The Hall–Kier alpha value is -2.54. The number of ether oxygens (including phenoxy) is 3. The summed E-state index contributed by atoms with van der Waals surface area (Å²) in [5.41, 5.74) is 3.69. The lowest BCUT2D eigenvalue weighted by molar-refractivity contribution is 0.0954. The van der Waals surface area contributed by atoms with Crippen molar-refractivity contribution >= 4 is 28.1 Å². The number of carbonyl (C=O) groups excluding carboxylic acids is 1. The maximum Gasteiger partial charge on any atom is 0.272 e. The molecule has 1 amide bonds. The van der Waals surface area contributed by atoms with Crippen molar-refractivity contribution in [3.63, 3.8) is 0 Å². The number of hydrogen-bond acceptors (Lipinski definition) is 5. The largest absolute Gasteiger partial charge is 0.493 e. The fourth-order valence-corrected chi connectivity index (χ4v) is 2.65. The van der Waals surface area contributed by atoms with Gasteiger partial charge in [-0.3, -0.25) is 4.79 Å². The summed E-state index contributed by atoms with van der Waals surface area (Å²) in [4.78, 5) is 12.1. The van der Waals surface area contributed by atoms with Crippen molar-refractivity contribution in [1.82, 2.24) is 5.43 Å². The third-order valence-corrected chi connectivity index (χ3v) is 3.98. The molecule has 124 valence electrons. The number of rotatable bonds is 5. The molecular formula is C17H15BrN2O4. The molecule has 2 aromatic rings. The highest BCUT2D eigenvalue weighted by molar-refractivity contribution is 9.10. The molecule has 0 fully saturated rings. The zero-order chi connectivity index (χ0) is 16.9. The summed E-state index contributed by atoms with van der Waals surface area (Å²) in [6.45, 7) is 2.57. The molecule has 0 radical (unpaired) electrons. The van der Waals surface area contributed by atoms with Crippen LogP contribution in [0.3, 0.4) is 0 Å². The molecule has 1 aliphatic heterocycles. The summed E-state index contributed by atoms with van der Waals surface area (Å²) in [6, 6.07) is 10.6. The number of benzene rings is 2. The topological polar surface area (TPSA) is 69.2 Å². The molecule has 0 unspecified atom stereocenters. The van der Waals surface area contributed by atoms with Gasteiger partial charge in [-0.1, -0.05) is 12.1 Å². The van der Waals surface area contributed by atoms with Crippen LogP contribution in [0.2, 0.25) is 0 Å². The van der Waals surface area contributed by atoms with Gasteiger partial charge in [0.2, 0.25) is 6.79 Å². The van der Waals surface area contributed by atoms with E-state index < -0.39 is 0 Å². The normalized spacial score (nSPS) is 12.4. The van der Waals surface area contributed by atoms with Crippen LogP contribution in [-0.2, 0) is 0 Å². The lowest BCUT2D eigenvalue weighted by atomic mass is 10.2. The van der Waals surface area contributed by atoms with Gasteiger partial charge in [0.05, 0.1) is 18.4 Å². The summed E-state index contributed by atoms with van der Waals surface area (Å²) >= 11 is 3.34. The van der Waals surface area contributed by atoms with Crippen molar-refractivity contribution in [2.75, 3.05) is 13.4 Å². The Morgan fingerprint density at radius 1 is 1.33 bits per heavy atom. The molecule has 6 nitrogen and oxygen atoms in total. The Kier molecular flexibility index (Phi) is 5.00. The molecular weight excluding hydrogens is 376 g/mol. The fraction of sp³-hybridized carbons (Fsp3) is 0.176. The van der Waals surface area contributed by atoms with Gasteiger partial charge >= 0.3 is 0 Å². The van der Waals surface area contributed by atoms with Gasteiger partial charge in [0.25, 0.3) is 5.91 Å². The Morgan fingerprint density at radius 3 is 2.83 bits per heavy atom. The molecule has 0 aromatic heterocycles. The number of fused-ring (bicyclic) bond motifs is 1. The van der Waals surface area contributed by atoms with Gasteiger partial charge in [-0.15, -0.1) is 0 Å². The van der Waals surface area contributed by atoms with E-state index in [0.29, 0.717) is 39.5 Å². The molecule has 0 bridgehead atoms. The zero-order valence-corrected chi connectivity index (χ0v) is 14.5. The van der Waals surface area contributed by atoms with Gasteiger partial charge < -0.3 is 14.2 Å². The summed E-state index contributed by atoms with van der Waals surface area (Å²) in [6.07, 6.45) is 1.52. The van der Waals surface area contributed by atoms with Crippen molar-refractivity contribution in [2.24, 2.45) is 5.10 Å². The van der Waals surface area contributed by atoms with E-state index in [1.54, 1.807) is 30.3 Å². The van der Waals surface area contributed by atoms with Crippen molar-refractivity contribution in [3.05, 3.63) is 52.0 Å². The molecule has 0 aliphatic carbocycles. The number of nitrogens with one attached hydrogen (secondary N) is 1. The van der Waals surface area contributed by atoms with Crippen LogP contribution in [0.15, 0.2) is 46.0 Å². The van der Waals surface area contributed by atoms with Crippen molar-refractivity contribution in [1.29, 1.82) is 0 Å². The Balaban J connectivity index is 1.77. The summed E-state index contributed by atoms with van der Waals surface area (Å²) < 4.78 is 17.0. The van der Waals surface area contributed by atoms with E-state index in [2.05, 4.69) is 26.5 Å². The first-order chi connectivity index (χ1) is 11.7. The van der Waals surface area contributed by atoms with Gasteiger partial charge in [-0.2, -0.15) is 5.10 Å². The van der Waals surface area contributed by atoms with Gasteiger partial charge in [0.15, 0.2) is 11.5 Å². The highest BCUT2D eigenvalue weighted by atomic mass is 79.9. The molecule has 1 aliphatic rings.